The van der Waals surface area contributed by atoms with Gasteiger partial charge in [0.15, 0.2) is 0 Å². The van der Waals surface area contributed by atoms with Gasteiger partial charge in [-0.2, -0.15) is 0 Å². The molecule has 0 aliphatic heterocycles. The van der Waals surface area contributed by atoms with E-state index in [1.54, 1.807) is 0 Å². The van der Waals surface area contributed by atoms with Crippen LogP contribution in [-0.4, -0.2) is 0 Å². The average Bonchev–Trinajstić information content (AvgIpc) is 2.10. The predicted octanol–water partition coefficient (Wildman–Crippen LogP) is 4.74. The fourth-order valence-electron chi connectivity index (χ4n) is 1.49. The van der Waals surface area contributed by atoms with Crippen LogP contribution in [0.4, 0.5) is 0 Å². The molecule has 13 heavy (non-hydrogen) atoms. The van der Waals surface area contributed by atoms with Crippen LogP contribution >= 0.6 is 0 Å². The van der Waals surface area contributed by atoms with Crippen LogP contribution in [0.1, 0.15) is 71.1 Å². The molecule has 0 saturated carbocycles. The van der Waals surface area contributed by atoms with E-state index in [4.69, 9.17) is 0 Å². The van der Waals surface area contributed by atoms with Crippen molar-refractivity contribution in [1.82, 2.24) is 0 Å². The van der Waals surface area contributed by atoms with Gasteiger partial charge in [-0.3, -0.25) is 0 Å². The number of hydrogen-bond donors (Lipinski definition) is 0. The van der Waals surface area contributed by atoms with Crippen molar-refractivity contribution in [3.63, 3.8) is 0 Å². The smallest absolute Gasteiger partial charge is 0 e. The minimum atomic E-state index is 0. The van der Waals surface area contributed by atoms with Crippen LogP contribution in [0.15, 0.2) is 0 Å². The molecule has 2 radical (unpaired) electrons. The quantitative estimate of drug-likeness (QED) is 0.398. The third-order valence-corrected chi connectivity index (χ3v) is 2.35. The topological polar surface area (TPSA) is 0 Å². The minimum Gasteiger partial charge on any atom is -0.0654 e. The SMILES string of the molecule is [CH2]CCCCCCCCCCC.[Cu]. The third-order valence-electron chi connectivity index (χ3n) is 2.35. The summed E-state index contributed by atoms with van der Waals surface area (Å²) in [5.41, 5.74) is 0. The van der Waals surface area contributed by atoms with Crippen LogP contribution in [0.3, 0.4) is 0 Å². The Morgan fingerprint density at radius 3 is 1.46 bits per heavy atom. The summed E-state index contributed by atoms with van der Waals surface area (Å²) in [4.78, 5) is 0. The van der Waals surface area contributed by atoms with Crippen molar-refractivity contribution in [2.45, 2.75) is 71.1 Å². The van der Waals surface area contributed by atoms with Crippen LogP contribution < -0.4 is 0 Å². The molecular weight excluding hydrogens is 208 g/mol. The van der Waals surface area contributed by atoms with Gasteiger partial charge in [0.1, 0.15) is 0 Å². The molecule has 0 saturated heterocycles. The molecule has 0 N–H and O–H groups in total. The van der Waals surface area contributed by atoms with E-state index in [0.29, 0.717) is 0 Å². The molecule has 0 atom stereocenters. The summed E-state index contributed by atoms with van der Waals surface area (Å²) in [5, 5.41) is 0. The van der Waals surface area contributed by atoms with E-state index in [-0.39, 0.29) is 17.1 Å². The summed E-state index contributed by atoms with van der Waals surface area (Å²) < 4.78 is 0. The van der Waals surface area contributed by atoms with E-state index in [1.807, 2.05) is 0 Å². The molecule has 0 aliphatic carbocycles. The molecule has 0 aromatic heterocycles. The number of rotatable bonds is 9. The molecule has 0 aliphatic rings. The maximum atomic E-state index is 3.84. The first kappa shape index (κ1) is 16.0. The van der Waals surface area contributed by atoms with Crippen LogP contribution in [0, 0.1) is 6.92 Å². The summed E-state index contributed by atoms with van der Waals surface area (Å²) >= 11 is 0. The Hall–Kier alpha value is 0.519. The monoisotopic (exact) mass is 232 g/mol. The first-order valence-corrected chi connectivity index (χ1v) is 5.71. The molecule has 0 spiro atoms. The van der Waals surface area contributed by atoms with Gasteiger partial charge in [0.2, 0.25) is 0 Å². The molecule has 0 amide bonds. The van der Waals surface area contributed by atoms with Crippen molar-refractivity contribution >= 4 is 0 Å². The molecule has 0 heterocycles. The largest absolute Gasteiger partial charge is 0.0654 e. The fraction of sp³-hybridized carbons (Fsp3) is 0.917. The van der Waals surface area contributed by atoms with Gasteiger partial charge in [0.25, 0.3) is 0 Å². The summed E-state index contributed by atoms with van der Waals surface area (Å²) in [6.45, 7) is 6.12. The Morgan fingerprint density at radius 2 is 1.08 bits per heavy atom. The molecule has 0 aromatic rings. The van der Waals surface area contributed by atoms with Gasteiger partial charge in [0, 0.05) is 17.1 Å². The Labute approximate surface area is 95.3 Å². The van der Waals surface area contributed by atoms with Crippen LogP contribution in [-0.2, 0) is 17.1 Å². The Bertz CT molecular complexity index is 61.5. The van der Waals surface area contributed by atoms with Crippen molar-refractivity contribution in [1.29, 1.82) is 0 Å². The number of unbranched alkanes of at least 4 members (excludes halogenated alkanes) is 9. The molecule has 0 aromatic carbocycles. The van der Waals surface area contributed by atoms with Crippen LogP contribution in [0.25, 0.3) is 0 Å². The zero-order valence-electron chi connectivity index (χ0n) is 9.08. The molecule has 84 valence electrons. The van der Waals surface area contributed by atoms with E-state index in [0.717, 1.165) is 6.42 Å². The summed E-state index contributed by atoms with van der Waals surface area (Å²) in [5.74, 6) is 0. The van der Waals surface area contributed by atoms with Gasteiger partial charge < -0.3 is 0 Å². The van der Waals surface area contributed by atoms with E-state index < -0.39 is 0 Å². The molecule has 0 rings (SSSR count). The summed E-state index contributed by atoms with van der Waals surface area (Å²) in [6, 6.07) is 0. The molecule has 0 nitrogen and oxygen atoms in total. The van der Waals surface area contributed by atoms with E-state index >= 15 is 0 Å². The van der Waals surface area contributed by atoms with E-state index in [2.05, 4.69) is 13.8 Å². The van der Waals surface area contributed by atoms with Gasteiger partial charge in [-0.1, -0.05) is 78.1 Å². The van der Waals surface area contributed by atoms with Gasteiger partial charge in [-0.15, -0.1) is 0 Å². The van der Waals surface area contributed by atoms with E-state index in [9.17, 15) is 0 Å². The van der Waals surface area contributed by atoms with E-state index in [1.165, 1.54) is 57.8 Å². The zero-order valence-corrected chi connectivity index (χ0v) is 10.0. The summed E-state index contributed by atoms with van der Waals surface area (Å²) in [6.07, 6.45) is 13.9. The predicted molar refractivity (Wildman–Crippen MR) is 57.2 cm³/mol. The second-order valence-electron chi connectivity index (χ2n) is 3.68. The Balaban J connectivity index is 0. The standard InChI is InChI=1S/C12H25.Cu/c1-3-5-7-9-11-12-10-8-6-4-2;/h1,3-12H2,2H3;. The number of hydrogen-bond acceptors (Lipinski definition) is 0. The second kappa shape index (κ2) is 15.0. The third kappa shape index (κ3) is 15.3. The van der Waals surface area contributed by atoms with Crippen molar-refractivity contribution < 1.29 is 17.1 Å². The Morgan fingerprint density at radius 1 is 0.692 bits per heavy atom. The normalized spacial score (nSPS) is 9.69. The molecule has 1 heteroatoms. The van der Waals surface area contributed by atoms with Crippen molar-refractivity contribution in [2.75, 3.05) is 0 Å². The maximum absolute atomic E-state index is 3.84. The molecule has 0 bridgehead atoms. The van der Waals surface area contributed by atoms with Gasteiger partial charge in [-0.25, -0.2) is 0 Å². The maximum Gasteiger partial charge on any atom is 0 e. The molecule has 0 unspecified atom stereocenters. The van der Waals surface area contributed by atoms with Crippen LogP contribution in [0.5, 0.6) is 0 Å². The Kier molecular flexibility index (Phi) is 18.4. The average molecular weight is 233 g/mol. The van der Waals surface area contributed by atoms with Crippen LogP contribution in [0.2, 0.25) is 0 Å². The minimum absolute atomic E-state index is 0. The summed E-state index contributed by atoms with van der Waals surface area (Å²) in [7, 11) is 0. The molecule has 0 fully saturated rings. The zero-order chi connectivity index (χ0) is 9.07. The second-order valence-corrected chi connectivity index (χ2v) is 3.68. The fourth-order valence-corrected chi connectivity index (χ4v) is 1.49. The van der Waals surface area contributed by atoms with Gasteiger partial charge >= 0.3 is 0 Å². The van der Waals surface area contributed by atoms with Crippen molar-refractivity contribution in [3.05, 3.63) is 6.92 Å². The van der Waals surface area contributed by atoms with Gasteiger partial charge in [-0.05, 0) is 0 Å². The molecular formula is C12H25Cu. The first-order valence-electron chi connectivity index (χ1n) is 5.71. The van der Waals surface area contributed by atoms with Crippen molar-refractivity contribution in [2.24, 2.45) is 0 Å². The first-order chi connectivity index (χ1) is 5.91. The van der Waals surface area contributed by atoms with Gasteiger partial charge in [0.05, 0.1) is 0 Å². The van der Waals surface area contributed by atoms with Crippen molar-refractivity contribution in [3.8, 4) is 0 Å².